The number of carbonyl (C=O) groups is 1. The van der Waals surface area contributed by atoms with Gasteiger partial charge in [-0.2, -0.15) is 17.9 Å². The third-order valence-electron chi connectivity index (χ3n) is 2.90. The summed E-state index contributed by atoms with van der Waals surface area (Å²) in [6.07, 6.45) is -4.65. The molecule has 0 atom stereocenters. The molecule has 6 nitrogen and oxygen atoms in total. The number of rotatable bonds is 2. The lowest BCUT2D eigenvalue weighted by Crippen LogP contribution is -2.23. The van der Waals surface area contributed by atoms with Crippen LogP contribution in [-0.4, -0.2) is 27.4 Å². The molecule has 124 valence electrons. The third kappa shape index (κ3) is 3.06. The van der Waals surface area contributed by atoms with Crippen molar-refractivity contribution in [3.63, 3.8) is 0 Å². The standard InChI is InChI=1S/C12H8Cl2F3N3O3/c1-19-9(10(21)23-2)18-20(11(19)22)8-6(13)3-5(4-7(8)14)12(15,16)17/h3-4H,1-2H3. The molecule has 0 N–H and O–H groups in total. The van der Waals surface area contributed by atoms with E-state index in [9.17, 15) is 22.8 Å². The second-order valence-corrected chi connectivity index (χ2v) is 5.17. The first-order valence-corrected chi connectivity index (χ1v) is 6.64. The van der Waals surface area contributed by atoms with Gasteiger partial charge in [-0.1, -0.05) is 23.2 Å². The van der Waals surface area contributed by atoms with Gasteiger partial charge in [0.15, 0.2) is 0 Å². The van der Waals surface area contributed by atoms with E-state index in [1.54, 1.807) is 0 Å². The van der Waals surface area contributed by atoms with Crippen LogP contribution in [0.25, 0.3) is 5.69 Å². The molecule has 1 aromatic carbocycles. The number of alkyl halides is 3. The molecular formula is C12H8Cl2F3N3O3. The van der Waals surface area contributed by atoms with Crippen molar-refractivity contribution in [2.24, 2.45) is 7.05 Å². The predicted molar refractivity (Wildman–Crippen MR) is 75.2 cm³/mol. The van der Waals surface area contributed by atoms with E-state index in [0.29, 0.717) is 16.8 Å². The lowest BCUT2D eigenvalue weighted by molar-refractivity contribution is -0.137. The van der Waals surface area contributed by atoms with Crippen molar-refractivity contribution in [3.05, 3.63) is 44.1 Å². The Balaban J connectivity index is 2.69. The zero-order valence-electron chi connectivity index (χ0n) is 11.6. The Morgan fingerprint density at radius 3 is 2.22 bits per heavy atom. The third-order valence-corrected chi connectivity index (χ3v) is 3.48. The number of esters is 1. The maximum absolute atomic E-state index is 12.7. The highest BCUT2D eigenvalue weighted by Crippen LogP contribution is 2.36. The molecule has 1 heterocycles. The van der Waals surface area contributed by atoms with Crippen LogP contribution in [-0.2, 0) is 18.0 Å². The first-order chi connectivity index (χ1) is 10.6. The quantitative estimate of drug-likeness (QED) is 0.763. The minimum atomic E-state index is -4.65. The van der Waals surface area contributed by atoms with Crippen molar-refractivity contribution in [2.75, 3.05) is 7.11 Å². The highest BCUT2D eigenvalue weighted by molar-refractivity contribution is 6.37. The van der Waals surface area contributed by atoms with Crippen LogP contribution in [0.5, 0.6) is 0 Å². The predicted octanol–water partition coefficient (Wildman–Crippen LogP) is 2.68. The number of benzene rings is 1. The highest BCUT2D eigenvalue weighted by Gasteiger charge is 2.33. The van der Waals surface area contributed by atoms with E-state index in [1.807, 2.05) is 0 Å². The number of nitrogens with zero attached hydrogens (tertiary/aromatic N) is 3. The van der Waals surface area contributed by atoms with Crippen molar-refractivity contribution in [1.29, 1.82) is 0 Å². The minimum Gasteiger partial charge on any atom is -0.463 e. The molecule has 0 aliphatic rings. The molecule has 0 unspecified atom stereocenters. The lowest BCUT2D eigenvalue weighted by atomic mass is 10.2. The summed E-state index contributed by atoms with van der Waals surface area (Å²) in [5.41, 5.74) is -2.17. The summed E-state index contributed by atoms with van der Waals surface area (Å²) >= 11 is 11.6. The molecule has 2 aromatic rings. The normalized spacial score (nSPS) is 11.6. The Bertz CT molecular complexity index is 819. The SMILES string of the molecule is COC(=O)c1nn(-c2c(Cl)cc(C(F)(F)F)cc2Cl)c(=O)n1C. The molecule has 0 saturated carbocycles. The molecule has 0 spiro atoms. The molecule has 0 radical (unpaired) electrons. The van der Waals surface area contributed by atoms with Gasteiger partial charge in [-0.05, 0) is 12.1 Å². The van der Waals surface area contributed by atoms with Gasteiger partial charge in [0.05, 0.1) is 22.7 Å². The molecule has 23 heavy (non-hydrogen) atoms. The fraction of sp³-hybridized carbons (Fsp3) is 0.250. The zero-order valence-corrected chi connectivity index (χ0v) is 13.1. The second kappa shape index (κ2) is 5.89. The van der Waals surface area contributed by atoms with Crippen LogP contribution in [0.15, 0.2) is 16.9 Å². The van der Waals surface area contributed by atoms with E-state index in [-0.39, 0.29) is 11.5 Å². The summed E-state index contributed by atoms with van der Waals surface area (Å²) < 4.78 is 44.1. The number of hydrogen-bond acceptors (Lipinski definition) is 4. The summed E-state index contributed by atoms with van der Waals surface area (Å²) in [4.78, 5) is 23.6. The molecule has 11 heteroatoms. The topological polar surface area (TPSA) is 66.1 Å². The average molecular weight is 370 g/mol. The minimum absolute atomic E-state index is 0.267. The van der Waals surface area contributed by atoms with E-state index < -0.39 is 33.4 Å². The summed E-state index contributed by atoms with van der Waals surface area (Å²) in [6.45, 7) is 0. The molecule has 0 aliphatic carbocycles. The number of carbonyl (C=O) groups excluding carboxylic acids is 1. The molecule has 0 aliphatic heterocycles. The number of aromatic nitrogens is 3. The van der Waals surface area contributed by atoms with Crippen molar-refractivity contribution in [2.45, 2.75) is 6.18 Å². The van der Waals surface area contributed by atoms with Crippen LogP contribution >= 0.6 is 23.2 Å². The molecule has 0 bridgehead atoms. The van der Waals surface area contributed by atoms with E-state index in [4.69, 9.17) is 23.2 Å². The summed E-state index contributed by atoms with van der Waals surface area (Å²) in [5.74, 6) is -1.26. The molecule has 0 fully saturated rings. The number of hydrogen-bond donors (Lipinski definition) is 0. The Morgan fingerprint density at radius 2 is 1.78 bits per heavy atom. The van der Waals surface area contributed by atoms with E-state index in [0.717, 1.165) is 11.7 Å². The van der Waals surface area contributed by atoms with Gasteiger partial charge in [-0.25, -0.2) is 9.59 Å². The maximum atomic E-state index is 12.7. The van der Waals surface area contributed by atoms with Crippen LogP contribution in [0.4, 0.5) is 13.2 Å². The van der Waals surface area contributed by atoms with Crippen molar-refractivity contribution >= 4 is 29.2 Å². The number of ether oxygens (including phenoxy) is 1. The van der Waals surface area contributed by atoms with Crippen LogP contribution in [0, 0.1) is 0 Å². The fourth-order valence-electron chi connectivity index (χ4n) is 1.78. The molecule has 1 aromatic heterocycles. The Kier molecular flexibility index (Phi) is 4.45. The average Bonchev–Trinajstić information content (AvgIpc) is 2.73. The molecule has 2 rings (SSSR count). The van der Waals surface area contributed by atoms with Gasteiger partial charge in [0.1, 0.15) is 5.69 Å². The molecule has 0 saturated heterocycles. The number of methoxy groups -OCH3 is 1. The Morgan fingerprint density at radius 1 is 1.26 bits per heavy atom. The van der Waals surface area contributed by atoms with Crippen LogP contribution in [0.1, 0.15) is 16.2 Å². The highest BCUT2D eigenvalue weighted by atomic mass is 35.5. The molecule has 0 amide bonds. The van der Waals surface area contributed by atoms with Gasteiger partial charge >= 0.3 is 17.8 Å². The van der Waals surface area contributed by atoms with E-state index >= 15 is 0 Å². The van der Waals surface area contributed by atoms with Crippen molar-refractivity contribution in [3.8, 4) is 5.69 Å². The van der Waals surface area contributed by atoms with Gasteiger partial charge in [-0.15, -0.1) is 5.10 Å². The summed E-state index contributed by atoms with van der Waals surface area (Å²) in [5, 5.41) is 2.82. The lowest BCUT2D eigenvalue weighted by Gasteiger charge is -2.11. The van der Waals surface area contributed by atoms with Crippen LogP contribution < -0.4 is 5.69 Å². The van der Waals surface area contributed by atoms with E-state index in [1.165, 1.54) is 7.05 Å². The van der Waals surface area contributed by atoms with Gasteiger partial charge in [0.25, 0.3) is 0 Å². The Hall–Kier alpha value is -2.00. The van der Waals surface area contributed by atoms with Gasteiger partial charge < -0.3 is 4.74 Å². The fourth-order valence-corrected chi connectivity index (χ4v) is 2.43. The van der Waals surface area contributed by atoms with Crippen LogP contribution in [0.2, 0.25) is 10.0 Å². The largest absolute Gasteiger partial charge is 0.463 e. The van der Waals surface area contributed by atoms with Crippen molar-refractivity contribution < 1.29 is 22.7 Å². The van der Waals surface area contributed by atoms with E-state index in [2.05, 4.69) is 9.84 Å². The second-order valence-electron chi connectivity index (χ2n) is 4.35. The number of halogens is 5. The zero-order chi connectivity index (χ0) is 17.5. The first kappa shape index (κ1) is 17.4. The van der Waals surface area contributed by atoms with Gasteiger partial charge in [0, 0.05) is 7.05 Å². The maximum Gasteiger partial charge on any atom is 0.416 e. The molecular weight excluding hydrogens is 362 g/mol. The monoisotopic (exact) mass is 369 g/mol. The van der Waals surface area contributed by atoms with Crippen molar-refractivity contribution in [1.82, 2.24) is 14.3 Å². The first-order valence-electron chi connectivity index (χ1n) is 5.89. The van der Waals surface area contributed by atoms with Crippen LogP contribution in [0.3, 0.4) is 0 Å². The summed E-state index contributed by atoms with van der Waals surface area (Å²) in [6, 6.07) is 1.23. The summed E-state index contributed by atoms with van der Waals surface area (Å²) in [7, 11) is 2.33. The van der Waals surface area contributed by atoms with Gasteiger partial charge in [-0.3, -0.25) is 4.57 Å². The van der Waals surface area contributed by atoms with Gasteiger partial charge in [0.2, 0.25) is 5.82 Å². The smallest absolute Gasteiger partial charge is 0.416 e. The Labute approximate surface area is 137 Å².